The summed E-state index contributed by atoms with van der Waals surface area (Å²) < 4.78 is 4.55. The van der Waals surface area contributed by atoms with E-state index in [1.807, 2.05) is 32.0 Å². The normalized spacial score (nSPS) is 11.3. The fraction of sp³-hybridized carbons (Fsp3) is 0.231. The number of carbonyl (C=O) groups is 1. The molecule has 1 aromatic carbocycles. The van der Waals surface area contributed by atoms with Gasteiger partial charge in [0.15, 0.2) is 0 Å². The van der Waals surface area contributed by atoms with Gasteiger partial charge in [-0.15, -0.1) is 0 Å². The molecule has 0 bridgehead atoms. The Bertz CT molecular complexity index is 693. The minimum atomic E-state index is -0.509. The van der Waals surface area contributed by atoms with Crippen LogP contribution in [-0.4, -0.2) is 22.1 Å². The van der Waals surface area contributed by atoms with Crippen molar-refractivity contribution < 1.29 is 19.3 Å². The van der Waals surface area contributed by atoms with Gasteiger partial charge in [-0.25, -0.2) is 14.4 Å². The van der Waals surface area contributed by atoms with Crippen LogP contribution in [0.4, 0.5) is 11.5 Å². The average molecular weight is 290 g/mol. The molecule has 0 unspecified atom stereocenters. The molecule has 0 spiro atoms. The van der Waals surface area contributed by atoms with Crippen molar-refractivity contribution in [1.82, 2.24) is 15.8 Å². The molecule has 21 heavy (non-hydrogen) atoms. The predicted octanol–water partition coefficient (Wildman–Crippen LogP) is -0.505. The van der Waals surface area contributed by atoms with E-state index in [9.17, 15) is 4.79 Å². The molecule has 8 heteroatoms. The first-order valence-corrected chi connectivity index (χ1v) is 6.20. The molecule has 0 aliphatic carbocycles. The zero-order chi connectivity index (χ0) is 15.4. The second kappa shape index (κ2) is 6.04. The van der Waals surface area contributed by atoms with E-state index in [0.29, 0.717) is 0 Å². The zero-order valence-electron chi connectivity index (χ0n) is 11.9. The maximum Gasteiger partial charge on any atom is 0.354 e. The van der Waals surface area contributed by atoms with Gasteiger partial charge in [-0.1, -0.05) is 23.2 Å². The van der Waals surface area contributed by atoms with Gasteiger partial charge in [-0.3, -0.25) is 4.84 Å². The van der Waals surface area contributed by atoms with E-state index in [-0.39, 0.29) is 17.3 Å². The van der Waals surface area contributed by atoms with Crippen LogP contribution in [0.3, 0.4) is 0 Å². The van der Waals surface area contributed by atoms with Gasteiger partial charge in [0.1, 0.15) is 5.69 Å². The monoisotopic (exact) mass is 290 g/mol. The number of nitrogens with zero attached hydrogens (tertiary/aromatic N) is 2. The molecule has 110 valence electrons. The Morgan fingerprint density at radius 3 is 2.71 bits per heavy atom. The molecule has 1 heterocycles. The van der Waals surface area contributed by atoms with Crippen LogP contribution < -0.4 is 16.2 Å². The number of hydrogen-bond donors (Lipinski definition) is 3. The molecule has 0 fully saturated rings. The highest BCUT2D eigenvalue weighted by Gasteiger charge is 2.22. The van der Waals surface area contributed by atoms with E-state index in [1.54, 1.807) is 0 Å². The molecule has 0 saturated carbocycles. The van der Waals surface area contributed by atoms with Crippen LogP contribution in [-0.2, 0) is 9.63 Å². The summed E-state index contributed by atoms with van der Waals surface area (Å²) in [5, 5.41) is 7.17. The first kappa shape index (κ1) is 14.5. The highest BCUT2D eigenvalue weighted by atomic mass is 16.7. The fourth-order valence-electron chi connectivity index (χ4n) is 1.71. The third-order valence-electron chi connectivity index (χ3n) is 2.69. The van der Waals surface area contributed by atoms with Crippen molar-refractivity contribution >= 4 is 23.3 Å². The molecular formula is C13H16N5O3+. The summed E-state index contributed by atoms with van der Waals surface area (Å²) >= 11 is 0. The van der Waals surface area contributed by atoms with Crippen LogP contribution in [0.15, 0.2) is 22.8 Å². The maximum absolute atomic E-state index is 11.0. The van der Waals surface area contributed by atoms with E-state index >= 15 is 0 Å². The zero-order valence-corrected chi connectivity index (χ0v) is 11.9. The molecule has 0 aliphatic rings. The number of aryl methyl sites for hydroxylation is 2. The van der Waals surface area contributed by atoms with E-state index in [0.717, 1.165) is 16.8 Å². The minimum Gasteiger partial charge on any atom is -0.379 e. The van der Waals surface area contributed by atoms with Gasteiger partial charge < -0.3 is 5.73 Å². The first-order chi connectivity index (χ1) is 9.97. The highest BCUT2D eigenvalue weighted by Crippen LogP contribution is 2.10. The third kappa shape index (κ3) is 3.56. The summed E-state index contributed by atoms with van der Waals surface area (Å²) in [6, 6.07) is 5.85. The summed E-state index contributed by atoms with van der Waals surface area (Å²) in [4.78, 5) is 18.8. The van der Waals surface area contributed by atoms with Crippen molar-refractivity contribution in [1.29, 1.82) is 0 Å². The van der Waals surface area contributed by atoms with Crippen molar-refractivity contribution in [2.24, 2.45) is 0 Å². The number of carbonyl (C=O) groups excluding carboxylic acids is 1. The van der Waals surface area contributed by atoms with Gasteiger partial charge in [-0.2, -0.15) is 0 Å². The van der Waals surface area contributed by atoms with Crippen molar-refractivity contribution in [3.63, 3.8) is 0 Å². The second-order valence-corrected chi connectivity index (χ2v) is 4.51. The Labute approximate surface area is 120 Å². The average Bonchev–Trinajstić information content (AvgIpc) is 2.83. The van der Waals surface area contributed by atoms with Gasteiger partial charge in [0.25, 0.3) is 0 Å². The lowest BCUT2D eigenvalue weighted by Gasteiger charge is -2.02. The molecule has 0 atom stereocenters. The smallest absolute Gasteiger partial charge is 0.354 e. The van der Waals surface area contributed by atoms with Gasteiger partial charge in [0.2, 0.25) is 11.5 Å². The van der Waals surface area contributed by atoms with Crippen molar-refractivity contribution in [2.45, 2.75) is 20.8 Å². The van der Waals surface area contributed by atoms with Crippen molar-refractivity contribution in [3.8, 4) is 0 Å². The predicted molar refractivity (Wildman–Crippen MR) is 74.3 cm³/mol. The number of amidine groups is 1. The molecule has 4 N–H and O–H groups in total. The van der Waals surface area contributed by atoms with E-state index in [2.05, 4.69) is 25.4 Å². The molecule has 0 amide bonds. The number of nitrogens with two attached hydrogens (primary N) is 1. The number of benzene rings is 1. The topological polar surface area (TPSA) is 117 Å². The van der Waals surface area contributed by atoms with E-state index in [4.69, 9.17) is 10.6 Å². The Morgan fingerprint density at radius 1 is 1.38 bits per heavy atom. The van der Waals surface area contributed by atoms with Crippen LogP contribution >= 0.6 is 0 Å². The van der Waals surface area contributed by atoms with Gasteiger partial charge in [0, 0.05) is 6.92 Å². The van der Waals surface area contributed by atoms with Crippen LogP contribution in [0, 0.1) is 13.8 Å². The number of nitrogens with one attached hydrogen (secondary N) is 2. The summed E-state index contributed by atoms with van der Waals surface area (Å²) in [7, 11) is 0. The summed E-state index contributed by atoms with van der Waals surface area (Å²) in [6.45, 7) is 5.22. The Hall–Kier alpha value is -2.90. The lowest BCUT2D eigenvalue weighted by molar-refractivity contribution is -0.359. The quantitative estimate of drug-likeness (QED) is 0.387. The number of rotatable bonds is 2. The minimum absolute atomic E-state index is 0.0712. The molecule has 2 rings (SSSR count). The van der Waals surface area contributed by atoms with E-state index in [1.165, 1.54) is 6.92 Å². The number of aromatic nitrogens is 2. The van der Waals surface area contributed by atoms with Crippen molar-refractivity contribution in [3.05, 3.63) is 35.0 Å². The molecule has 0 aliphatic heterocycles. The van der Waals surface area contributed by atoms with Crippen LogP contribution in [0.2, 0.25) is 0 Å². The van der Waals surface area contributed by atoms with Gasteiger partial charge in [-0.05, 0) is 35.8 Å². The lowest BCUT2D eigenvalue weighted by Crippen LogP contribution is -2.71. The van der Waals surface area contributed by atoms with Crippen LogP contribution in [0.5, 0.6) is 0 Å². The van der Waals surface area contributed by atoms with Gasteiger partial charge in [0.05, 0.1) is 0 Å². The highest BCUT2D eigenvalue weighted by molar-refractivity contribution is 5.96. The van der Waals surface area contributed by atoms with E-state index < -0.39 is 5.97 Å². The number of hydroxylamine groups is 1. The number of nitrogen functional groups attached to an aromatic ring is 1. The molecule has 2 aromatic rings. The standard InChI is InChI=1S/C13H15N5O3/c1-7-4-5-10(8(2)6-7)15-13(18-20-9(3)19)11-12(14)17-21-16-11/h4-6H,1-3H3,(H2,14,17)(H,15,18)/p+1. The number of anilines is 1. The molecule has 8 nitrogen and oxygen atoms in total. The Balaban J connectivity index is 2.41. The molecular weight excluding hydrogens is 274 g/mol. The largest absolute Gasteiger partial charge is 0.379 e. The lowest BCUT2D eigenvalue weighted by atomic mass is 10.1. The number of hydrogen-bond acceptors (Lipinski definition) is 6. The van der Waals surface area contributed by atoms with Gasteiger partial charge >= 0.3 is 11.8 Å². The fourth-order valence-corrected chi connectivity index (χ4v) is 1.71. The third-order valence-corrected chi connectivity index (χ3v) is 2.69. The summed E-state index contributed by atoms with van der Waals surface area (Å²) in [5.74, 6) is -0.178. The molecule has 0 radical (unpaired) electrons. The first-order valence-electron chi connectivity index (χ1n) is 6.20. The Kier molecular flexibility index (Phi) is 4.17. The summed E-state index contributed by atoms with van der Waals surface area (Å²) in [5.41, 5.74) is 11.3. The maximum atomic E-state index is 11.0. The molecule has 1 aromatic heterocycles. The van der Waals surface area contributed by atoms with Crippen LogP contribution in [0.25, 0.3) is 0 Å². The summed E-state index contributed by atoms with van der Waals surface area (Å²) in [6.07, 6.45) is 0. The van der Waals surface area contributed by atoms with Crippen LogP contribution in [0.1, 0.15) is 23.7 Å². The van der Waals surface area contributed by atoms with Crippen molar-refractivity contribution in [2.75, 3.05) is 5.73 Å². The second-order valence-electron chi connectivity index (χ2n) is 4.51. The SMILES string of the molecule is CC(=O)ONC(=[NH+]c1ccc(C)cc1C)c1nonc1N. The molecule has 0 saturated heterocycles. The Morgan fingerprint density at radius 2 is 2.14 bits per heavy atom.